The molecule has 0 bridgehead atoms. The molecule has 2 aromatic carbocycles. The first-order chi connectivity index (χ1) is 15.8. The summed E-state index contributed by atoms with van der Waals surface area (Å²) in [6.45, 7) is 1.88. The second-order valence-corrected chi connectivity index (χ2v) is 8.41. The van der Waals surface area contributed by atoms with E-state index in [-0.39, 0.29) is 35.5 Å². The molecule has 1 aliphatic heterocycles. The number of nitrogens with two attached hydrogens (primary N) is 1. The van der Waals surface area contributed by atoms with Gasteiger partial charge in [0.15, 0.2) is 0 Å². The molecule has 0 aromatic heterocycles. The Kier molecular flexibility index (Phi) is 9.66. The Hall–Kier alpha value is -2.89. The molecule has 0 spiro atoms. The van der Waals surface area contributed by atoms with Crippen molar-refractivity contribution >= 4 is 41.1 Å². The second kappa shape index (κ2) is 12.0. The van der Waals surface area contributed by atoms with Crippen molar-refractivity contribution in [3.63, 3.8) is 0 Å². The molecule has 1 aliphatic rings. The number of oxime groups is 1. The minimum Gasteiger partial charge on any atom is -0.396 e. The van der Waals surface area contributed by atoms with Gasteiger partial charge in [0.2, 0.25) is 5.96 Å². The van der Waals surface area contributed by atoms with E-state index in [1.54, 1.807) is 6.92 Å². The standard InChI is InChI=1S/C22H25F2N5O3S.ClH/c1-14(31-2)20(30)29-22(15-7-5-4-6-8-15,11-12-26-21(25)28-32-3)33-19(27-29)17-13-16(23)9-10-18(17)24;/h4-10,13-14H,11-12H2,1-3H3,(H3,25,26,28);1H/t14-,22?;/m0./s1. The third-order valence-corrected chi connectivity index (χ3v) is 6.50. The summed E-state index contributed by atoms with van der Waals surface area (Å²) in [7, 11) is 2.78. The molecule has 0 saturated heterocycles. The molecule has 1 amide bonds. The second-order valence-electron chi connectivity index (χ2n) is 7.15. The van der Waals surface area contributed by atoms with Crippen LogP contribution in [0.1, 0.15) is 24.5 Å². The van der Waals surface area contributed by atoms with Crippen molar-refractivity contribution in [1.29, 1.82) is 0 Å². The van der Waals surface area contributed by atoms with E-state index in [9.17, 15) is 13.6 Å². The maximum atomic E-state index is 14.6. The smallest absolute Gasteiger partial charge is 0.273 e. The third-order valence-electron chi connectivity index (χ3n) is 5.05. The molecule has 1 unspecified atom stereocenters. The van der Waals surface area contributed by atoms with Gasteiger partial charge in [-0.15, -0.1) is 12.4 Å². The van der Waals surface area contributed by atoms with Gasteiger partial charge in [-0.05, 0) is 35.8 Å². The van der Waals surface area contributed by atoms with Crippen LogP contribution in [0.5, 0.6) is 0 Å². The fourth-order valence-electron chi connectivity index (χ4n) is 3.34. The van der Waals surface area contributed by atoms with Gasteiger partial charge in [0, 0.05) is 25.6 Å². The zero-order valence-corrected chi connectivity index (χ0v) is 20.5. The van der Waals surface area contributed by atoms with E-state index in [1.165, 1.54) is 19.2 Å². The highest BCUT2D eigenvalue weighted by molar-refractivity contribution is 8.15. The SMILES string of the molecule is CO/N=C(\N)NCCC1(c2ccccc2)SC(c2cc(F)ccc2F)=NN1C(=O)[C@H](C)OC.Cl. The fourth-order valence-corrected chi connectivity index (χ4v) is 4.72. The molecule has 1 heterocycles. The van der Waals surface area contributed by atoms with Gasteiger partial charge in [0.1, 0.15) is 34.8 Å². The number of rotatable bonds is 8. The molecule has 0 radical (unpaired) electrons. The number of carbonyl (C=O) groups is 1. The predicted octanol–water partition coefficient (Wildman–Crippen LogP) is 3.37. The van der Waals surface area contributed by atoms with E-state index < -0.39 is 28.5 Å². The van der Waals surface area contributed by atoms with Crippen molar-refractivity contribution < 1.29 is 23.1 Å². The Bertz CT molecular complexity index is 1060. The van der Waals surface area contributed by atoms with Crippen LogP contribution < -0.4 is 11.1 Å². The van der Waals surface area contributed by atoms with E-state index in [4.69, 9.17) is 10.5 Å². The number of thioether (sulfide) groups is 1. The normalized spacial score (nSPS) is 18.7. The Morgan fingerprint density at radius 3 is 2.62 bits per heavy atom. The zero-order chi connectivity index (χ0) is 24.0. The molecule has 184 valence electrons. The van der Waals surface area contributed by atoms with E-state index in [0.717, 1.165) is 35.5 Å². The van der Waals surface area contributed by atoms with Crippen LogP contribution >= 0.6 is 24.2 Å². The number of hydrogen-bond donors (Lipinski definition) is 2. The number of amides is 1. The predicted molar refractivity (Wildman–Crippen MR) is 130 cm³/mol. The summed E-state index contributed by atoms with van der Waals surface area (Å²) < 4.78 is 33.8. The number of benzene rings is 2. The molecular formula is C22H26ClF2N5O3S. The van der Waals surface area contributed by atoms with E-state index >= 15 is 0 Å². The Morgan fingerprint density at radius 1 is 1.26 bits per heavy atom. The van der Waals surface area contributed by atoms with Crippen molar-refractivity contribution in [1.82, 2.24) is 10.3 Å². The lowest BCUT2D eigenvalue weighted by Gasteiger charge is -2.37. The molecule has 34 heavy (non-hydrogen) atoms. The van der Waals surface area contributed by atoms with Gasteiger partial charge in [0.25, 0.3) is 5.91 Å². The highest BCUT2D eigenvalue weighted by Crippen LogP contribution is 2.50. The molecule has 2 aromatic rings. The summed E-state index contributed by atoms with van der Waals surface area (Å²) in [5.74, 6) is -1.63. The maximum absolute atomic E-state index is 14.6. The number of hydrazone groups is 1. The lowest BCUT2D eigenvalue weighted by Crippen LogP contribution is -2.47. The number of nitrogens with one attached hydrogen (secondary N) is 1. The van der Waals surface area contributed by atoms with Crippen LogP contribution in [0.2, 0.25) is 0 Å². The van der Waals surface area contributed by atoms with Gasteiger partial charge < -0.3 is 20.6 Å². The molecule has 3 N–H and O–H groups in total. The first kappa shape index (κ1) is 27.4. The average molecular weight is 514 g/mol. The van der Waals surface area contributed by atoms with Gasteiger partial charge in [-0.2, -0.15) is 5.10 Å². The van der Waals surface area contributed by atoms with Crippen LogP contribution in [0.4, 0.5) is 8.78 Å². The lowest BCUT2D eigenvalue weighted by molar-refractivity contribution is -0.144. The molecular weight excluding hydrogens is 488 g/mol. The monoisotopic (exact) mass is 513 g/mol. The first-order valence-corrected chi connectivity index (χ1v) is 10.9. The molecule has 0 fully saturated rings. The maximum Gasteiger partial charge on any atom is 0.273 e. The van der Waals surface area contributed by atoms with Crippen molar-refractivity contribution in [3.8, 4) is 0 Å². The highest BCUT2D eigenvalue weighted by atomic mass is 35.5. The summed E-state index contributed by atoms with van der Waals surface area (Å²) >= 11 is 1.16. The molecule has 0 aliphatic carbocycles. The first-order valence-electron chi connectivity index (χ1n) is 10.1. The number of halogens is 3. The quantitative estimate of drug-likeness (QED) is 0.319. The van der Waals surface area contributed by atoms with Crippen molar-refractivity contribution in [2.45, 2.75) is 24.3 Å². The molecule has 8 nitrogen and oxygen atoms in total. The van der Waals surface area contributed by atoms with E-state index in [1.807, 2.05) is 30.3 Å². The summed E-state index contributed by atoms with van der Waals surface area (Å²) in [5, 5.41) is 12.4. The lowest BCUT2D eigenvalue weighted by atomic mass is 10.0. The number of nitrogens with zero attached hydrogens (tertiary/aromatic N) is 3. The number of methoxy groups -OCH3 is 1. The fraction of sp³-hybridized carbons (Fsp3) is 0.318. The van der Waals surface area contributed by atoms with Crippen LogP contribution in [0.3, 0.4) is 0 Å². The molecule has 2 atom stereocenters. The van der Waals surface area contributed by atoms with Crippen LogP contribution in [0.15, 0.2) is 58.8 Å². The Balaban J connectivity index is 0.00000408. The minimum atomic E-state index is -1.08. The number of hydrogen-bond acceptors (Lipinski definition) is 6. The average Bonchev–Trinajstić information content (AvgIpc) is 3.20. The molecule has 0 saturated carbocycles. The minimum absolute atomic E-state index is 0. The summed E-state index contributed by atoms with van der Waals surface area (Å²) in [6, 6.07) is 12.3. The van der Waals surface area contributed by atoms with Crippen molar-refractivity contribution in [2.24, 2.45) is 16.0 Å². The van der Waals surface area contributed by atoms with Gasteiger partial charge in [0.05, 0.1) is 0 Å². The number of ether oxygens (including phenoxy) is 1. The van der Waals surface area contributed by atoms with Crippen LogP contribution in [-0.4, -0.2) is 48.8 Å². The summed E-state index contributed by atoms with van der Waals surface area (Å²) in [4.78, 5) is 16.9. The van der Waals surface area contributed by atoms with Gasteiger partial charge in [-0.1, -0.05) is 42.1 Å². The van der Waals surface area contributed by atoms with E-state index in [0.29, 0.717) is 6.42 Å². The van der Waals surface area contributed by atoms with Gasteiger partial charge >= 0.3 is 0 Å². The topological polar surface area (TPSA) is 102 Å². The highest BCUT2D eigenvalue weighted by Gasteiger charge is 2.49. The number of carbonyl (C=O) groups excluding carboxylic acids is 1. The van der Waals surface area contributed by atoms with Crippen LogP contribution in [-0.2, 0) is 19.2 Å². The molecule has 3 rings (SSSR count). The summed E-state index contributed by atoms with van der Waals surface area (Å²) in [6.07, 6.45) is -0.518. The Labute approximate surface area is 206 Å². The van der Waals surface area contributed by atoms with E-state index in [2.05, 4.69) is 20.4 Å². The zero-order valence-electron chi connectivity index (χ0n) is 18.8. The third kappa shape index (κ3) is 5.78. The largest absolute Gasteiger partial charge is 0.396 e. The van der Waals surface area contributed by atoms with Crippen molar-refractivity contribution in [3.05, 3.63) is 71.3 Å². The van der Waals surface area contributed by atoms with Gasteiger partial charge in [-0.25, -0.2) is 13.8 Å². The van der Waals surface area contributed by atoms with Crippen LogP contribution in [0.25, 0.3) is 0 Å². The Morgan fingerprint density at radius 2 is 1.97 bits per heavy atom. The summed E-state index contributed by atoms with van der Waals surface area (Å²) in [5.41, 5.74) is 6.47. The number of guanidine groups is 1. The molecule has 12 heteroatoms. The van der Waals surface area contributed by atoms with Gasteiger partial charge in [-0.3, -0.25) is 4.79 Å². The van der Waals surface area contributed by atoms with Crippen molar-refractivity contribution in [2.75, 3.05) is 20.8 Å². The van der Waals surface area contributed by atoms with Crippen LogP contribution in [0, 0.1) is 11.6 Å².